The van der Waals surface area contributed by atoms with Crippen LogP contribution in [-0.2, 0) is 6.54 Å². The van der Waals surface area contributed by atoms with Crippen molar-refractivity contribution >= 4 is 11.8 Å². The summed E-state index contributed by atoms with van der Waals surface area (Å²) in [6.45, 7) is 2.41. The fourth-order valence-electron chi connectivity index (χ4n) is 1.80. The van der Waals surface area contributed by atoms with E-state index in [1.165, 1.54) is 10.5 Å². The second-order valence-electron chi connectivity index (χ2n) is 4.16. The van der Waals surface area contributed by atoms with E-state index in [-0.39, 0.29) is 0 Å². The van der Waals surface area contributed by atoms with Gasteiger partial charge in [-0.1, -0.05) is 42.5 Å². The molecule has 2 aromatic rings. The van der Waals surface area contributed by atoms with E-state index in [9.17, 15) is 0 Å². The molecule has 2 nitrogen and oxygen atoms in total. The monoisotopic (exact) mass is 273 g/mol. The predicted octanol–water partition coefficient (Wildman–Crippen LogP) is 3.58. The smallest absolute Gasteiger partial charge is 0.132 e. The zero-order valence-corrected chi connectivity index (χ0v) is 12.0. The van der Waals surface area contributed by atoms with Crippen LogP contribution in [0.4, 0.5) is 0 Å². The third-order valence-electron chi connectivity index (χ3n) is 2.78. The largest absolute Gasteiger partial charge is 0.491 e. The minimum absolute atomic E-state index is 0.685. The SMILES string of the molecule is CSc1ccccc1OCCNCc1ccccc1. The molecule has 0 aliphatic heterocycles. The van der Waals surface area contributed by atoms with Gasteiger partial charge in [-0.25, -0.2) is 0 Å². The highest BCUT2D eigenvalue weighted by molar-refractivity contribution is 7.98. The van der Waals surface area contributed by atoms with E-state index in [0.717, 1.165) is 18.8 Å². The maximum Gasteiger partial charge on any atom is 0.132 e. The van der Waals surface area contributed by atoms with Crippen LogP contribution in [0, 0.1) is 0 Å². The highest BCUT2D eigenvalue weighted by Crippen LogP contribution is 2.26. The molecule has 0 saturated heterocycles. The first-order chi connectivity index (χ1) is 9.40. The number of hydrogen-bond donors (Lipinski definition) is 1. The van der Waals surface area contributed by atoms with Crippen LogP contribution in [0.2, 0.25) is 0 Å². The van der Waals surface area contributed by atoms with Crippen LogP contribution in [0.3, 0.4) is 0 Å². The van der Waals surface area contributed by atoms with Crippen LogP contribution >= 0.6 is 11.8 Å². The van der Waals surface area contributed by atoms with Gasteiger partial charge in [0, 0.05) is 18.0 Å². The van der Waals surface area contributed by atoms with Crippen molar-refractivity contribution < 1.29 is 4.74 Å². The third-order valence-corrected chi connectivity index (χ3v) is 3.55. The zero-order chi connectivity index (χ0) is 13.3. The molecule has 0 heterocycles. The summed E-state index contributed by atoms with van der Waals surface area (Å²) in [4.78, 5) is 1.19. The molecule has 19 heavy (non-hydrogen) atoms. The van der Waals surface area contributed by atoms with E-state index in [2.05, 4.69) is 41.9 Å². The van der Waals surface area contributed by atoms with Gasteiger partial charge in [0.25, 0.3) is 0 Å². The lowest BCUT2D eigenvalue weighted by atomic mass is 10.2. The minimum Gasteiger partial charge on any atom is -0.491 e. The molecule has 0 bridgehead atoms. The minimum atomic E-state index is 0.685. The Hall–Kier alpha value is -1.45. The summed E-state index contributed by atoms with van der Waals surface area (Å²) in [5, 5.41) is 3.38. The van der Waals surface area contributed by atoms with Gasteiger partial charge < -0.3 is 10.1 Å². The van der Waals surface area contributed by atoms with E-state index in [1.54, 1.807) is 11.8 Å². The first-order valence-electron chi connectivity index (χ1n) is 6.40. The number of hydrogen-bond acceptors (Lipinski definition) is 3. The lowest BCUT2D eigenvalue weighted by molar-refractivity contribution is 0.307. The van der Waals surface area contributed by atoms with Crippen molar-refractivity contribution in [2.24, 2.45) is 0 Å². The Labute approximate surface area is 119 Å². The standard InChI is InChI=1S/C16H19NOS/c1-19-16-10-6-5-9-15(16)18-12-11-17-13-14-7-3-2-4-8-14/h2-10,17H,11-13H2,1H3. The van der Waals surface area contributed by atoms with Crippen molar-refractivity contribution in [1.82, 2.24) is 5.32 Å². The number of thioether (sulfide) groups is 1. The van der Waals surface area contributed by atoms with Gasteiger partial charge in [-0.15, -0.1) is 11.8 Å². The van der Waals surface area contributed by atoms with Crippen molar-refractivity contribution in [1.29, 1.82) is 0 Å². The maximum absolute atomic E-state index is 5.78. The van der Waals surface area contributed by atoms with E-state index >= 15 is 0 Å². The van der Waals surface area contributed by atoms with E-state index in [0.29, 0.717) is 6.61 Å². The van der Waals surface area contributed by atoms with E-state index < -0.39 is 0 Å². The van der Waals surface area contributed by atoms with Gasteiger partial charge in [-0.3, -0.25) is 0 Å². The van der Waals surface area contributed by atoms with Crippen LogP contribution in [0.15, 0.2) is 59.5 Å². The van der Waals surface area contributed by atoms with Gasteiger partial charge in [0.1, 0.15) is 12.4 Å². The molecule has 3 heteroatoms. The van der Waals surface area contributed by atoms with Crippen LogP contribution in [0.25, 0.3) is 0 Å². The lowest BCUT2D eigenvalue weighted by Crippen LogP contribution is -2.20. The van der Waals surface area contributed by atoms with Crippen LogP contribution in [-0.4, -0.2) is 19.4 Å². The highest BCUT2D eigenvalue weighted by Gasteiger charge is 2.00. The fourth-order valence-corrected chi connectivity index (χ4v) is 2.34. The Morgan fingerprint density at radius 2 is 1.74 bits per heavy atom. The summed E-state index contributed by atoms with van der Waals surface area (Å²) >= 11 is 1.71. The Morgan fingerprint density at radius 1 is 1.00 bits per heavy atom. The molecule has 0 unspecified atom stereocenters. The molecule has 0 atom stereocenters. The molecular formula is C16H19NOS. The van der Waals surface area contributed by atoms with Crippen LogP contribution in [0.1, 0.15) is 5.56 Å². The van der Waals surface area contributed by atoms with Gasteiger partial charge in [0.15, 0.2) is 0 Å². The zero-order valence-electron chi connectivity index (χ0n) is 11.1. The first kappa shape index (κ1) is 14.0. The predicted molar refractivity (Wildman–Crippen MR) is 81.9 cm³/mol. The summed E-state index contributed by atoms with van der Waals surface area (Å²) < 4.78 is 5.78. The van der Waals surface area contributed by atoms with Gasteiger partial charge in [-0.2, -0.15) is 0 Å². The normalized spacial score (nSPS) is 10.4. The topological polar surface area (TPSA) is 21.3 Å². The molecule has 0 saturated carbocycles. The van der Waals surface area contributed by atoms with Gasteiger partial charge in [-0.05, 0) is 24.0 Å². The lowest BCUT2D eigenvalue weighted by Gasteiger charge is -2.10. The summed E-state index contributed by atoms with van der Waals surface area (Å²) in [6, 6.07) is 18.5. The summed E-state index contributed by atoms with van der Waals surface area (Å²) in [7, 11) is 0. The number of nitrogens with one attached hydrogen (secondary N) is 1. The molecule has 0 fully saturated rings. The van der Waals surface area contributed by atoms with Gasteiger partial charge >= 0.3 is 0 Å². The number of rotatable bonds is 7. The van der Waals surface area contributed by atoms with Crippen molar-refractivity contribution in [2.75, 3.05) is 19.4 Å². The van der Waals surface area contributed by atoms with Crippen molar-refractivity contribution in [2.45, 2.75) is 11.4 Å². The second kappa shape index (κ2) is 7.87. The van der Waals surface area contributed by atoms with E-state index in [4.69, 9.17) is 4.74 Å². The molecule has 100 valence electrons. The first-order valence-corrected chi connectivity index (χ1v) is 7.63. The fraction of sp³-hybridized carbons (Fsp3) is 0.250. The molecule has 1 N–H and O–H groups in total. The second-order valence-corrected chi connectivity index (χ2v) is 5.01. The summed E-state index contributed by atoms with van der Waals surface area (Å²) in [5.74, 6) is 0.969. The van der Waals surface area contributed by atoms with Crippen LogP contribution in [0.5, 0.6) is 5.75 Å². The number of para-hydroxylation sites is 1. The molecule has 0 aromatic heterocycles. The average Bonchev–Trinajstić information content (AvgIpc) is 2.48. The third kappa shape index (κ3) is 4.62. The Kier molecular flexibility index (Phi) is 5.79. The molecule has 0 aliphatic rings. The summed E-state index contributed by atoms with van der Waals surface area (Å²) in [5.41, 5.74) is 1.30. The Morgan fingerprint density at radius 3 is 2.53 bits per heavy atom. The average molecular weight is 273 g/mol. The number of benzene rings is 2. The van der Waals surface area contributed by atoms with E-state index in [1.807, 2.05) is 24.3 Å². The summed E-state index contributed by atoms with van der Waals surface area (Å²) in [6.07, 6.45) is 2.07. The molecular weight excluding hydrogens is 254 g/mol. The molecule has 0 radical (unpaired) electrons. The molecule has 0 aliphatic carbocycles. The van der Waals surface area contributed by atoms with Crippen LogP contribution < -0.4 is 10.1 Å². The molecule has 2 rings (SSSR count). The maximum atomic E-state index is 5.78. The van der Waals surface area contributed by atoms with Crippen molar-refractivity contribution in [3.05, 3.63) is 60.2 Å². The van der Waals surface area contributed by atoms with Crippen molar-refractivity contribution in [3.8, 4) is 5.75 Å². The molecule has 0 spiro atoms. The quantitative estimate of drug-likeness (QED) is 0.615. The number of ether oxygens (including phenoxy) is 1. The highest BCUT2D eigenvalue weighted by atomic mass is 32.2. The Balaban J connectivity index is 1.69. The van der Waals surface area contributed by atoms with Crippen molar-refractivity contribution in [3.63, 3.8) is 0 Å². The molecule has 2 aromatic carbocycles. The Bertz CT molecular complexity index is 487. The molecule has 0 amide bonds. The van der Waals surface area contributed by atoms with Gasteiger partial charge in [0.2, 0.25) is 0 Å². The van der Waals surface area contributed by atoms with Gasteiger partial charge in [0.05, 0.1) is 0 Å².